The number of methoxy groups -OCH3 is 1. The van der Waals surface area contributed by atoms with Crippen LogP contribution in [0.15, 0.2) is 40.6 Å². The number of ether oxygens (including phenoxy) is 1. The van der Waals surface area contributed by atoms with E-state index in [1.54, 1.807) is 17.5 Å². The first-order valence-electron chi connectivity index (χ1n) is 7.79. The number of carbonyl (C=O) groups excluding carboxylic acids is 3. The third-order valence-electron chi connectivity index (χ3n) is 3.54. The van der Waals surface area contributed by atoms with Crippen LogP contribution < -0.4 is 10.6 Å². The Kier molecular flexibility index (Phi) is 6.70. The van der Waals surface area contributed by atoms with Crippen LogP contribution in [0.4, 0.5) is 9.80 Å². The maximum absolute atomic E-state index is 12.3. The van der Waals surface area contributed by atoms with Crippen molar-refractivity contribution in [2.24, 2.45) is 0 Å². The molecular formula is C17H18N2O6S2. The van der Waals surface area contributed by atoms with Crippen molar-refractivity contribution in [3.8, 4) is 0 Å². The van der Waals surface area contributed by atoms with Gasteiger partial charge < -0.3 is 10.1 Å². The van der Waals surface area contributed by atoms with Gasteiger partial charge in [-0.1, -0.05) is 17.7 Å². The zero-order valence-electron chi connectivity index (χ0n) is 14.6. The molecule has 2 aromatic rings. The van der Waals surface area contributed by atoms with Crippen molar-refractivity contribution in [3.63, 3.8) is 0 Å². The number of carbonyl (C=O) groups is 3. The number of nitrogens with one attached hydrogen (secondary N) is 2. The average Bonchev–Trinajstić information content (AvgIpc) is 3.08. The molecule has 10 heteroatoms. The van der Waals surface area contributed by atoms with Gasteiger partial charge in [0.25, 0.3) is 5.91 Å². The van der Waals surface area contributed by atoms with Crippen LogP contribution in [0.3, 0.4) is 0 Å². The van der Waals surface area contributed by atoms with Gasteiger partial charge in [-0.2, -0.15) is 0 Å². The number of aryl methyl sites for hydroxylation is 1. The van der Waals surface area contributed by atoms with E-state index in [4.69, 9.17) is 0 Å². The lowest BCUT2D eigenvalue weighted by molar-refractivity contribution is -0.115. The van der Waals surface area contributed by atoms with Gasteiger partial charge in [0, 0.05) is 6.42 Å². The van der Waals surface area contributed by atoms with Crippen LogP contribution in [0.2, 0.25) is 0 Å². The number of amides is 3. The maximum Gasteiger partial charge on any atom is 0.413 e. The molecule has 0 aliphatic heterocycles. The van der Waals surface area contributed by atoms with E-state index >= 15 is 0 Å². The van der Waals surface area contributed by atoms with E-state index in [0.29, 0.717) is 0 Å². The number of hydrogen-bond donors (Lipinski definition) is 2. The SMILES string of the molecule is COC(=O)NC(=O)c1ccsc1NC(=O)CCS(=O)(=O)c1ccc(C)cc1. The molecule has 1 aromatic carbocycles. The van der Waals surface area contributed by atoms with Crippen LogP contribution in [-0.2, 0) is 19.4 Å². The van der Waals surface area contributed by atoms with Gasteiger partial charge in [0.1, 0.15) is 5.00 Å². The summed E-state index contributed by atoms with van der Waals surface area (Å²) in [5.41, 5.74) is 1.02. The second-order valence-corrected chi connectivity index (χ2v) is 8.56. The van der Waals surface area contributed by atoms with Crippen LogP contribution in [0, 0.1) is 6.92 Å². The molecule has 0 saturated carbocycles. The van der Waals surface area contributed by atoms with Crippen LogP contribution in [-0.4, -0.2) is 39.2 Å². The number of sulfone groups is 1. The van der Waals surface area contributed by atoms with Crippen molar-refractivity contribution < 1.29 is 27.5 Å². The van der Waals surface area contributed by atoms with E-state index in [-0.39, 0.29) is 27.6 Å². The molecule has 0 aliphatic rings. The lowest BCUT2D eigenvalue weighted by atomic mass is 10.2. The van der Waals surface area contributed by atoms with Gasteiger partial charge >= 0.3 is 6.09 Å². The minimum absolute atomic E-state index is 0.0835. The molecule has 0 spiro atoms. The molecule has 8 nitrogen and oxygen atoms in total. The van der Waals surface area contributed by atoms with E-state index in [1.807, 2.05) is 12.2 Å². The first-order chi connectivity index (χ1) is 12.7. The van der Waals surface area contributed by atoms with Crippen LogP contribution >= 0.6 is 11.3 Å². The summed E-state index contributed by atoms with van der Waals surface area (Å²) in [4.78, 5) is 35.3. The molecule has 2 N–H and O–H groups in total. The van der Waals surface area contributed by atoms with Crippen molar-refractivity contribution in [2.75, 3.05) is 18.2 Å². The standard InChI is InChI=1S/C17H18N2O6S2/c1-11-3-5-12(6-4-11)27(23,24)10-8-14(20)18-16-13(7-9-26-16)15(21)19-17(22)25-2/h3-7,9H,8,10H2,1-2H3,(H,18,20)(H,19,21,22). The molecule has 0 atom stereocenters. The Morgan fingerprint density at radius 2 is 1.78 bits per heavy atom. The number of rotatable bonds is 6. The summed E-state index contributed by atoms with van der Waals surface area (Å²) in [5, 5.41) is 6.26. The Morgan fingerprint density at radius 1 is 1.11 bits per heavy atom. The minimum atomic E-state index is -3.59. The highest BCUT2D eigenvalue weighted by atomic mass is 32.2. The predicted octanol–water partition coefficient (Wildman–Crippen LogP) is 2.36. The topological polar surface area (TPSA) is 119 Å². The summed E-state index contributed by atoms with van der Waals surface area (Å²) < 4.78 is 28.9. The van der Waals surface area contributed by atoms with Crippen molar-refractivity contribution in [2.45, 2.75) is 18.2 Å². The van der Waals surface area contributed by atoms with Crippen LogP contribution in [0.25, 0.3) is 0 Å². The van der Waals surface area contributed by atoms with Gasteiger partial charge in [0.15, 0.2) is 9.84 Å². The molecule has 144 valence electrons. The summed E-state index contributed by atoms with van der Waals surface area (Å²) in [6.07, 6.45) is -1.20. The molecule has 27 heavy (non-hydrogen) atoms. The number of benzene rings is 1. The van der Waals surface area contributed by atoms with Gasteiger partial charge in [-0.3, -0.25) is 14.9 Å². The number of anilines is 1. The monoisotopic (exact) mass is 410 g/mol. The van der Waals surface area contributed by atoms with Gasteiger partial charge in [0.2, 0.25) is 5.91 Å². The third kappa shape index (κ3) is 5.63. The fraction of sp³-hybridized carbons (Fsp3) is 0.235. The maximum atomic E-state index is 12.3. The zero-order valence-corrected chi connectivity index (χ0v) is 16.3. The Morgan fingerprint density at radius 3 is 2.41 bits per heavy atom. The highest BCUT2D eigenvalue weighted by Crippen LogP contribution is 2.23. The molecular weight excluding hydrogens is 392 g/mol. The largest absolute Gasteiger partial charge is 0.453 e. The van der Waals surface area contributed by atoms with E-state index in [0.717, 1.165) is 24.0 Å². The van der Waals surface area contributed by atoms with Crippen molar-refractivity contribution in [1.82, 2.24) is 5.32 Å². The van der Waals surface area contributed by atoms with Crippen molar-refractivity contribution in [1.29, 1.82) is 0 Å². The molecule has 1 heterocycles. The molecule has 0 radical (unpaired) electrons. The molecule has 0 fully saturated rings. The Bertz CT molecular complexity index is 948. The van der Waals surface area contributed by atoms with Crippen molar-refractivity contribution >= 4 is 44.1 Å². The normalized spacial score (nSPS) is 10.9. The minimum Gasteiger partial charge on any atom is -0.453 e. The molecule has 0 saturated heterocycles. The van der Waals surface area contributed by atoms with Gasteiger partial charge in [-0.05, 0) is 30.5 Å². The number of hydrogen-bond acceptors (Lipinski definition) is 7. The number of imide groups is 1. The zero-order chi connectivity index (χ0) is 20.0. The first kappa shape index (κ1) is 20.6. The second-order valence-electron chi connectivity index (χ2n) is 5.54. The second kappa shape index (κ2) is 8.78. The van der Waals surface area contributed by atoms with Gasteiger partial charge in [-0.15, -0.1) is 11.3 Å². The van der Waals surface area contributed by atoms with Gasteiger partial charge in [0.05, 0.1) is 23.3 Å². The smallest absolute Gasteiger partial charge is 0.413 e. The summed E-state index contributed by atoms with van der Waals surface area (Å²) in [6.45, 7) is 1.85. The first-order valence-corrected chi connectivity index (χ1v) is 10.3. The molecule has 0 aliphatic carbocycles. The number of alkyl carbamates (subject to hydrolysis) is 1. The third-order valence-corrected chi connectivity index (χ3v) is 6.10. The molecule has 2 rings (SSSR count). The van der Waals surface area contributed by atoms with E-state index in [2.05, 4.69) is 10.1 Å². The van der Waals surface area contributed by atoms with Crippen LogP contribution in [0.5, 0.6) is 0 Å². The molecule has 3 amide bonds. The van der Waals surface area contributed by atoms with E-state index < -0.39 is 27.7 Å². The lowest BCUT2D eigenvalue weighted by Gasteiger charge is -2.07. The summed E-state index contributed by atoms with van der Waals surface area (Å²) in [6, 6.07) is 7.80. The highest BCUT2D eigenvalue weighted by molar-refractivity contribution is 7.91. The predicted molar refractivity (Wildman–Crippen MR) is 101 cm³/mol. The van der Waals surface area contributed by atoms with E-state index in [9.17, 15) is 22.8 Å². The average molecular weight is 410 g/mol. The lowest BCUT2D eigenvalue weighted by Crippen LogP contribution is -2.30. The summed E-state index contributed by atoms with van der Waals surface area (Å²) >= 11 is 1.08. The molecule has 1 aromatic heterocycles. The fourth-order valence-electron chi connectivity index (χ4n) is 2.08. The Labute approximate surface area is 160 Å². The Balaban J connectivity index is 1.98. The van der Waals surface area contributed by atoms with Crippen LogP contribution in [0.1, 0.15) is 22.3 Å². The van der Waals surface area contributed by atoms with Gasteiger partial charge in [-0.25, -0.2) is 13.2 Å². The van der Waals surface area contributed by atoms with E-state index in [1.165, 1.54) is 18.2 Å². The summed E-state index contributed by atoms with van der Waals surface area (Å²) in [5.74, 6) is -1.65. The molecule has 0 unspecified atom stereocenters. The quantitative estimate of drug-likeness (QED) is 0.755. The molecule has 0 bridgehead atoms. The highest BCUT2D eigenvalue weighted by Gasteiger charge is 2.20. The number of thiophene rings is 1. The fourth-order valence-corrected chi connectivity index (χ4v) is 4.12. The summed E-state index contributed by atoms with van der Waals surface area (Å²) in [7, 11) is -2.48. The Hall–Kier alpha value is -2.72. The van der Waals surface area contributed by atoms with Crippen molar-refractivity contribution in [3.05, 3.63) is 46.8 Å².